The van der Waals surface area contributed by atoms with Gasteiger partial charge in [0.25, 0.3) is 0 Å². The van der Waals surface area contributed by atoms with Gasteiger partial charge in [-0.15, -0.1) is 24.8 Å². The number of halogens is 2. The summed E-state index contributed by atoms with van der Waals surface area (Å²) in [6.07, 6.45) is 7.34. The largest absolute Gasteiger partial charge is 0.341 e. The van der Waals surface area contributed by atoms with E-state index in [9.17, 15) is 4.79 Å². The van der Waals surface area contributed by atoms with Crippen molar-refractivity contribution < 1.29 is 4.79 Å². The monoisotopic (exact) mass is 307 g/mol. The molecule has 19 heavy (non-hydrogen) atoms. The molecule has 1 radical (unpaired) electrons. The highest BCUT2D eigenvalue weighted by Gasteiger charge is 2.27. The Bertz CT molecular complexity index is 273. The van der Waals surface area contributed by atoms with E-state index in [0.717, 1.165) is 51.3 Å². The van der Waals surface area contributed by atoms with Crippen LogP contribution < -0.4 is 5.73 Å². The number of carbonyl (C=O) groups is 1. The molecule has 0 aromatic heterocycles. The molecule has 0 aromatic rings. The summed E-state index contributed by atoms with van der Waals surface area (Å²) in [5.41, 5.74) is 5.89. The van der Waals surface area contributed by atoms with Crippen LogP contribution in [-0.2, 0) is 4.79 Å². The summed E-state index contributed by atoms with van der Waals surface area (Å²) >= 11 is 0. The van der Waals surface area contributed by atoms with Crippen molar-refractivity contribution in [1.29, 1.82) is 0 Å². The first-order valence-electron chi connectivity index (χ1n) is 7.03. The Hall–Kier alpha value is 0.0749. The lowest BCUT2D eigenvalue weighted by Gasteiger charge is -2.35. The highest BCUT2D eigenvalue weighted by atomic mass is 35.5. The highest BCUT2D eigenvalue weighted by Crippen LogP contribution is 2.27. The van der Waals surface area contributed by atoms with Crippen molar-refractivity contribution in [1.82, 2.24) is 4.90 Å². The zero-order valence-corrected chi connectivity index (χ0v) is 13.3. The van der Waals surface area contributed by atoms with Gasteiger partial charge in [0.05, 0.1) is 0 Å². The second-order valence-corrected chi connectivity index (χ2v) is 5.73. The Labute approximate surface area is 130 Å². The third-order valence-corrected chi connectivity index (χ3v) is 4.29. The van der Waals surface area contributed by atoms with E-state index in [2.05, 4.69) is 19.1 Å². The predicted molar refractivity (Wildman–Crippen MR) is 85.6 cm³/mol. The van der Waals surface area contributed by atoms with Crippen LogP contribution in [0.4, 0.5) is 0 Å². The first-order chi connectivity index (χ1) is 8.16. The summed E-state index contributed by atoms with van der Waals surface area (Å²) < 4.78 is 0. The fourth-order valence-electron chi connectivity index (χ4n) is 3.06. The number of carbonyl (C=O) groups excluding carboxylic acids is 1. The Kier molecular flexibility index (Phi) is 9.13. The molecule has 1 saturated heterocycles. The van der Waals surface area contributed by atoms with Gasteiger partial charge in [0, 0.05) is 25.0 Å². The van der Waals surface area contributed by atoms with Gasteiger partial charge in [-0.1, -0.05) is 12.6 Å². The first kappa shape index (κ1) is 19.1. The Balaban J connectivity index is 0.00000162. The maximum atomic E-state index is 12.2. The molecular formula is C13H26BCl2N2O. The van der Waals surface area contributed by atoms with Crippen molar-refractivity contribution in [3.8, 4) is 0 Å². The molecule has 1 aliphatic heterocycles. The van der Waals surface area contributed by atoms with Gasteiger partial charge in [0.1, 0.15) is 7.28 Å². The Morgan fingerprint density at radius 3 is 2.47 bits per heavy atom. The zero-order valence-electron chi connectivity index (χ0n) is 11.7. The van der Waals surface area contributed by atoms with E-state index in [-0.39, 0.29) is 24.8 Å². The van der Waals surface area contributed by atoms with Crippen molar-refractivity contribution in [2.45, 2.75) is 63.8 Å². The summed E-state index contributed by atoms with van der Waals surface area (Å²) in [6.45, 7) is 3.08. The Morgan fingerprint density at radius 1 is 1.26 bits per heavy atom. The smallest absolute Gasteiger partial charge is 0.223 e. The predicted octanol–water partition coefficient (Wildman–Crippen LogP) is 2.51. The molecule has 1 heterocycles. The van der Waals surface area contributed by atoms with Crippen LogP contribution in [0.15, 0.2) is 0 Å². The molecular weight excluding hydrogens is 282 g/mol. The molecule has 111 valence electrons. The van der Waals surface area contributed by atoms with Crippen LogP contribution in [0.3, 0.4) is 0 Å². The lowest BCUT2D eigenvalue weighted by molar-refractivity contribution is -0.134. The van der Waals surface area contributed by atoms with Crippen LogP contribution in [0.1, 0.15) is 39.0 Å². The molecule has 3 nitrogen and oxygen atoms in total. The van der Waals surface area contributed by atoms with Gasteiger partial charge in [0.15, 0.2) is 0 Å². The summed E-state index contributed by atoms with van der Waals surface area (Å²) in [7, 11) is 2.30. The number of hydrogen-bond acceptors (Lipinski definition) is 2. The number of rotatable bonds is 2. The molecule has 2 aliphatic rings. The Morgan fingerprint density at radius 2 is 1.89 bits per heavy atom. The lowest BCUT2D eigenvalue weighted by atomic mass is 9.65. The first-order valence-corrected chi connectivity index (χ1v) is 7.03. The lowest BCUT2D eigenvalue weighted by Crippen LogP contribution is -2.44. The fraction of sp³-hybridized carbons (Fsp3) is 0.923. The van der Waals surface area contributed by atoms with Gasteiger partial charge in [-0.2, -0.15) is 0 Å². The number of amides is 1. The SMILES string of the molecule is CC1C[B]CCN1C(=O)CC1CCC(N)CC1.Cl.Cl. The van der Waals surface area contributed by atoms with Crippen LogP contribution in [-0.4, -0.2) is 36.7 Å². The van der Waals surface area contributed by atoms with Gasteiger partial charge >= 0.3 is 0 Å². The molecule has 1 unspecified atom stereocenters. The molecule has 0 aromatic carbocycles. The van der Waals surface area contributed by atoms with Gasteiger partial charge in [-0.05, 0) is 38.5 Å². The van der Waals surface area contributed by atoms with E-state index in [0.29, 0.717) is 23.9 Å². The standard InChI is InChI=1S/C13H24BN2O.2ClH/c1-10-9-14-6-7-16(10)13(17)8-11-2-4-12(15)5-3-11;;/h10-12H,2-9,15H2,1H3;2*1H. The minimum absolute atomic E-state index is 0. The number of nitrogens with two attached hydrogens (primary N) is 1. The van der Waals surface area contributed by atoms with Crippen LogP contribution in [0.2, 0.25) is 12.6 Å². The van der Waals surface area contributed by atoms with Gasteiger partial charge in [-0.3, -0.25) is 4.79 Å². The van der Waals surface area contributed by atoms with Crippen molar-refractivity contribution in [2.75, 3.05) is 6.54 Å². The van der Waals surface area contributed by atoms with Gasteiger partial charge < -0.3 is 10.6 Å². The van der Waals surface area contributed by atoms with E-state index in [1.54, 1.807) is 0 Å². The molecule has 0 spiro atoms. The molecule has 0 bridgehead atoms. The minimum atomic E-state index is 0. The zero-order chi connectivity index (χ0) is 12.3. The average molecular weight is 308 g/mol. The summed E-state index contributed by atoms with van der Waals surface area (Å²) in [4.78, 5) is 14.3. The third-order valence-electron chi connectivity index (χ3n) is 4.29. The molecule has 1 atom stereocenters. The summed E-state index contributed by atoms with van der Waals surface area (Å²) in [6, 6.07) is 0.784. The second kappa shape index (κ2) is 9.09. The highest BCUT2D eigenvalue weighted by molar-refractivity contribution is 6.36. The van der Waals surface area contributed by atoms with Crippen LogP contribution in [0.25, 0.3) is 0 Å². The third kappa shape index (κ3) is 5.53. The molecule has 1 saturated carbocycles. The normalized spacial score (nSPS) is 30.6. The van der Waals surface area contributed by atoms with Crippen LogP contribution in [0, 0.1) is 5.92 Å². The van der Waals surface area contributed by atoms with E-state index in [1.165, 1.54) is 0 Å². The maximum Gasteiger partial charge on any atom is 0.223 e. The van der Waals surface area contributed by atoms with Crippen LogP contribution >= 0.6 is 24.8 Å². The molecule has 2 fully saturated rings. The van der Waals surface area contributed by atoms with Crippen molar-refractivity contribution in [3.05, 3.63) is 0 Å². The number of hydrogen-bond donors (Lipinski definition) is 1. The van der Waals surface area contributed by atoms with Crippen molar-refractivity contribution in [2.24, 2.45) is 11.7 Å². The van der Waals surface area contributed by atoms with Gasteiger partial charge in [-0.25, -0.2) is 0 Å². The topological polar surface area (TPSA) is 46.3 Å². The maximum absolute atomic E-state index is 12.2. The molecule has 1 amide bonds. The summed E-state index contributed by atoms with van der Waals surface area (Å²) in [5.74, 6) is 0.950. The van der Waals surface area contributed by atoms with E-state index >= 15 is 0 Å². The number of nitrogens with zero attached hydrogens (tertiary/aromatic N) is 1. The molecule has 2 N–H and O–H groups in total. The molecule has 2 rings (SSSR count). The van der Waals surface area contributed by atoms with Crippen molar-refractivity contribution in [3.63, 3.8) is 0 Å². The minimum Gasteiger partial charge on any atom is -0.341 e. The summed E-state index contributed by atoms with van der Waals surface area (Å²) in [5, 5.41) is 0. The molecule has 1 aliphatic carbocycles. The average Bonchev–Trinajstić information content (AvgIpc) is 2.32. The van der Waals surface area contributed by atoms with E-state index < -0.39 is 0 Å². The second-order valence-electron chi connectivity index (χ2n) is 5.73. The van der Waals surface area contributed by atoms with Crippen molar-refractivity contribution >= 4 is 38.0 Å². The van der Waals surface area contributed by atoms with Gasteiger partial charge in [0.2, 0.25) is 5.91 Å². The molecule has 6 heteroatoms. The quantitative estimate of drug-likeness (QED) is 0.797. The van der Waals surface area contributed by atoms with E-state index in [4.69, 9.17) is 5.73 Å². The van der Waals surface area contributed by atoms with Crippen LogP contribution in [0.5, 0.6) is 0 Å². The van der Waals surface area contributed by atoms with E-state index in [1.807, 2.05) is 0 Å². The fourth-order valence-corrected chi connectivity index (χ4v) is 3.06.